The first-order chi connectivity index (χ1) is 6.83. The summed E-state index contributed by atoms with van der Waals surface area (Å²) in [5.74, 6) is 0. The fourth-order valence-electron chi connectivity index (χ4n) is 1.17. The van der Waals surface area contributed by atoms with Gasteiger partial charge in [0.1, 0.15) is 0 Å². The van der Waals surface area contributed by atoms with Crippen molar-refractivity contribution in [2.45, 2.75) is 37.5 Å². The zero-order valence-electron chi connectivity index (χ0n) is 9.84. The summed E-state index contributed by atoms with van der Waals surface area (Å²) in [5, 5.41) is 6.54. The zero-order valence-corrected chi connectivity index (χ0v) is 10.7. The van der Waals surface area contributed by atoms with Gasteiger partial charge in [0.25, 0.3) is 0 Å². The Morgan fingerprint density at radius 1 is 1.27 bits per heavy atom. The molecule has 0 atom stereocenters. The molecule has 4 nitrogen and oxygen atoms in total. The second-order valence-corrected chi connectivity index (χ2v) is 7.59. The van der Waals surface area contributed by atoms with Crippen LogP contribution in [0.4, 0.5) is 0 Å². The fourth-order valence-corrected chi connectivity index (χ4v) is 1.54. The highest BCUT2D eigenvalue weighted by Crippen LogP contribution is 2.17. The lowest BCUT2D eigenvalue weighted by Crippen LogP contribution is -2.43. The molecule has 0 radical (unpaired) electrons. The third-order valence-electron chi connectivity index (χ3n) is 2.87. The van der Waals surface area contributed by atoms with E-state index in [2.05, 4.69) is 10.6 Å². The number of rotatable bonds is 7. The molecular weight excluding hydrogens is 212 g/mol. The van der Waals surface area contributed by atoms with Crippen molar-refractivity contribution in [3.63, 3.8) is 0 Å². The van der Waals surface area contributed by atoms with Crippen LogP contribution in [0.5, 0.6) is 0 Å². The number of nitrogens with one attached hydrogen (secondary N) is 2. The first kappa shape index (κ1) is 12.9. The van der Waals surface area contributed by atoms with Crippen LogP contribution >= 0.6 is 0 Å². The SMILES string of the molecule is CC(C)(CNCCNC1CC1)S(C)(=O)=O. The largest absolute Gasteiger partial charge is 0.314 e. The van der Waals surface area contributed by atoms with Crippen LogP contribution in [0.1, 0.15) is 26.7 Å². The molecule has 0 saturated heterocycles. The predicted molar refractivity (Wildman–Crippen MR) is 62.8 cm³/mol. The first-order valence-electron chi connectivity index (χ1n) is 5.47. The Balaban J connectivity index is 2.12. The smallest absolute Gasteiger partial charge is 0.153 e. The van der Waals surface area contributed by atoms with E-state index in [4.69, 9.17) is 0 Å². The van der Waals surface area contributed by atoms with Crippen LogP contribution in [0.15, 0.2) is 0 Å². The summed E-state index contributed by atoms with van der Waals surface area (Å²) < 4.78 is 22.1. The predicted octanol–water partition coefficient (Wildman–Crippen LogP) is 0.151. The van der Waals surface area contributed by atoms with Crippen molar-refractivity contribution in [3.05, 3.63) is 0 Å². The van der Waals surface area contributed by atoms with E-state index in [1.165, 1.54) is 19.1 Å². The molecule has 0 aliphatic heterocycles. The summed E-state index contributed by atoms with van der Waals surface area (Å²) in [6.45, 7) is 5.77. The molecule has 0 aromatic heterocycles. The molecule has 5 heteroatoms. The maximum atomic E-state index is 11.4. The Morgan fingerprint density at radius 2 is 1.87 bits per heavy atom. The van der Waals surface area contributed by atoms with Crippen molar-refractivity contribution in [1.29, 1.82) is 0 Å². The lowest BCUT2D eigenvalue weighted by atomic mass is 10.2. The summed E-state index contributed by atoms with van der Waals surface area (Å²) >= 11 is 0. The third kappa shape index (κ3) is 4.49. The van der Waals surface area contributed by atoms with E-state index >= 15 is 0 Å². The van der Waals surface area contributed by atoms with Crippen LogP contribution in [0.3, 0.4) is 0 Å². The number of sulfone groups is 1. The minimum absolute atomic E-state index is 0.512. The Kier molecular flexibility index (Phi) is 4.14. The van der Waals surface area contributed by atoms with Gasteiger partial charge in [-0.05, 0) is 26.7 Å². The van der Waals surface area contributed by atoms with Crippen LogP contribution in [0, 0.1) is 0 Å². The fraction of sp³-hybridized carbons (Fsp3) is 1.00. The van der Waals surface area contributed by atoms with Gasteiger partial charge in [0, 0.05) is 31.9 Å². The second kappa shape index (κ2) is 4.80. The Bertz CT molecular complexity index is 295. The molecule has 1 fully saturated rings. The van der Waals surface area contributed by atoms with Gasteiger partial charge in [0.15, 0.2) is 9.84 Å². The number of hydrogen-bond acceptors (Lipinski definition) is 4. The van der Waals surface area contributed by atoms with Gasteiger partial charge in [0.2, 0.25) is 0 Å². The average molecular weight is 234 g/mol. The van der Waals surface area contributed by atoms with E-state index in [-0.39, 0.29) is 0 Å². The quantitative estimate of drug-likeness (QED) is 0.616. The molecule has 0 amide bonds. The molecule has 1 rings (SSSR count). The standard InChI is InChI=1S/C10H22N2O2S/c1-10(2,15(3,13)14)8-11-6-7-12-9-4-5-9/h9,11-12H,4-8H2,1-3H3. The average Bonchev–Trinajstić information content (AvgIpc) is 2.85. The van der Waals surface area contributed by atoms with E-state index < -0.39 is 14.6 Å². The zero-order chi connectivity index (χ0) is 11.5. The van der Waals surface area contributed by atoms with Gasteiger partial charge in [-0.1, -0.05) is 0 Å². The highest BCUT2D eigenvalue weighted by molar-refractivity contribution is 7.92. The molecule has 1 aliphatic rings. The highest BCUT2D eigenvalue weighted by atomic mass is 32.2. The molecule has 0 aromatic rings. The first-order valence-corrected chi connectivity index (χ1v) is 7.36. The minimum atomic E-state index is -2.98. The van der Waals surface area contributed by atoms with Crippen molar-refractivity contribution in [2.75, 3.05) is 25.9 Å². The Hall–Kier alpha value is -0.130. The lowest BCUT2D eigenvalue weighted by molar-refractivity contribution is 0.514. The summed E-state index contributed by atoms with van der Waals surface area (Å²) in [6.07, 6.45) is 3.86. The van der Waals surface area contributed by atoms with Crippen molar-refractivity contribution >= 4 is 9.84 Å². The van der Waals surface area contributed by atoms with Gasteiger partial charge in [-0.2, -0.15) is 0 Å². The molecule has 0 heterocycles. The Labute approximate surface area is 92.7 Å². The maximum absolute atomic E-state index is 11.4. The molecule has 15 heavy (non-hydrogen) atoms. The summed E-state index contributed by atoms with van der Waals surface area (Å²) in [5.41, 5.74) is 0. The van der Waals surface area contributed by atoms with Gasteiger partial charge in [-0.3, -0.25) is 0 Å². The van der Waals surface area contributed by atoms with Crippen molar-refractivity contribution < 1.29 is 8.42 Å². The molecule has 0 bridgehead atoms. The molecular formula is C10H22N2O2S. The van der Waals surface area contributed by atoms with E-state index in [1.807, 2.05) is 0 Å². The van der Waals surface area contributed by atoms with E-state index in [9.17, 15) is 8.42 Å². The monoisotopic (exact) mass is 234 g/mol. The molecule has 0 unspecified atom stereocenters. The van der Waals surface area contributed by atoms with Gasteiger partial charge < -0.3 is 10.6 Å². The molecule has 2 N–H and O–H groups in total. The van der Waals surface area contributed by atoms with Gasteiger partial charge in [0.05, 0.1) is 4.75 Å². The molecule has 90 valence electrons. The molecule has 1 saturated carbocycles. The topological polar surface area (TPSA) is 58.2 Å². The lowest BCUT2D eigenvalue weighted by Gasteiger charge is -2.22. The molecule has 0 spiro atoms. The van der Waals surface area contributed by atoms with Gasteiger partial charge in [-0.15, -0.1) is 0 Å². The summed E-state index contributed by atoms with van der Waals surface area (Å²) in [6, 6.07) is 0.717. The highest BCUT2D eigenvalue weighted by Gasteiger charge is 2.29. The van der Waals surface area contributed by atoms with Crippen molar-refractivity contribution in [1.82, 2.24) is 10.6 Å². The number of hydrogen-bond donors (Lipinski definition) is 2. The molecule has 1 aliphatic carbocycles. The van der Waals surface area contributed by atoms with Crippen molar-refractivity contribution in [3.8, 4) is 0 Å². The van der Waals surface area contributed by atoms with E-state index in [0.717, 1.165) is 19.1 Å². The summed E-state index contributed by atoms with van der Waals surface area (Å²) in [7, 11) is -2.98. The van der Waals surface area contributed by atoms with E-state index in [1.54, 1.807) is 13.8 Å². The molecule has 0 aromatic carbocycles. The van der Waals surface area contributed by atoms with Gasteiger partial charge in [-0.25, -0.2) is 8.42 Å². The summed E-state index contributed by atoms with van der Waals surface area (Å²) in [4.78, 5) is 0. The van der Waals surface area contributed by atoms with Crippen LogP contribution in [-0.2, 0) is 9.84 Å². The Morgan fingerprint density at radius 3 is 2.33 bits per heavy atom. The van der Waals surface area contributed by atoms with Crippen LogP contribution in [0.25, 0.3) is 0 Å². The van der Waals surface area contributed by atoms with E-state index in [0.29, 0.717) is 6.54 Å². The van der Waals surface area contributed by atoms with Crippen LogP contribution < -0.4 is 10.6 Å². The minimum Gasteiger partial charge on any atom is -0.314 e. The second-order valence-electron chi connectivity index (χ2n) is 4.94. The van der Waals surface area contributed by atoms with Crippen LogP contribution in [-0.4, -0.2) is 45.1 Å². The van der Waals surface area contributed by atoms with Crippen molar-refractivity contribution in [2.24, 2.45) is 0 Å². The normalized spacial score (nSPS) is 18.1. The van der Waals surface area contributed by atoms with Crippen LogP contribution in [0.2, 0.25) is 0 Å². The maximum Gasteiger partial charge on any atom is 0.153 e. The van der Waals surface area contributed by atoms with Gasteiger partial charge >= 0.3 is 0 Å². The third-order valence-corrected chi connectivity index (χ3v) is 5.02.